The van der Waals surface area contributed by atoms with E-state index in [0.717, 1.165) is 42.8 Å². The molecule has 4 rings (SSSR count). The predicted molar refractivity (Wildman–Crippen MR) is 123 cm³/mol. The van der Waals surface area contributed by atoms with Crippen LogP contribution in [0.5, 0.6) is 0 Å². The first kappa shape index (κ1) is 22.5. The zero-order valence-electron chi connectivity index (χ0n) is 17.9. The van der Waals surface area contributed by atoms with Gasteiger partial charge in [0.05, 0.1) is 12.0 Å². The minimum absolute atomic E-state index is 0.0463. The van der Waals surface area contributed by atoms with E-state index in [4.69, 9.17) is 15.9 Å². The summed E-state index contributed by atoms with van der Waals surface area (Å²) < 4.78 is 9.53. The second-order valence-corrected chi connectivity index (χ2v) is 8.74. The van der Waals surface area contributed by atoms with Crippen molar-refractivity contribution in [3.63, 3.8) is 0 Å². The smallest absolute Gasteiger partial charge is 0.270 e. The van der Waals surface area contributed by atoms with Gasteiger partial charge >= 0.3 is 0 Å². The number of hydrogen-bond acceptors (Lipinski definition) is 7. The fourth-order valence-electron chi connectivity index (χ4n) is 4.04. The molecule has 33 heavy (non-hydrogen) atoms. The summed E-state index contributed by atoms with van der Waals surface area (Å²) in [5.74, 6) is -1.37. The van der Waals surface area contributed by atoms with Crippen molar-refractivity contribution in [3.8, 4) is 0 Å². The normalized spacial score (nSPS) is 14.7. The monoisotopic (exact) mass is 467 g/mol. The van der Waals surface area contributed by atoms with Gasteiger partial charge in [0, 0.05) is 12.6 Å². The number of amides is 3. The van der Waals surface area contributed by atoms with Gasteiger partial charge in [0.25, 0.3) is 17.7 Å². The van der Waals surface area contributed by atoms with Crippen molar-refractivity contribution in [1.82, 2.24) is 14.6 Å². The predicted octanol–water partition coefficient (Wildman–Crippen LogP) is 2.86. The molecule has 10 heteroatoms. The Morgan fingerprint density at radius 3 is 2.48 bits per heavy atom. The Bertz CT molecular complexity index is 1120. The highest BCUT2D eigenvalue weighted by atomic mass is 32.1. The van der Waals surface area contributed by atoms with Gasteiger partial charge in [-0.2, -0.15) is 4.37 Å². The van der Waals surface area contributed by atoms with Crippen LogP contribution in [0.4, 0.5) is 5.69 Å². The molecule has 1 unspecified atom stereocenters. The Kier molecular flexibility index (Phi) is 6.74. The van der Waals surface area contributed by atoms with E-state index in [1.165, 1.54) is 11.2 Å². The Labute approximate surface area is 194 Å². The first-order chi connectivity index (χ1) is 16.0. The molecule has 0 aliphatic heterocycles. The van der Waals surface area contributed by atoms with Crippen LogP contribution in [-0.4, -0.2) is 33.0 Å². The molecule has 2 heterocycles. The van der Waals surface area contributed by atoms with E-state index in [2.05, 4.69) is 9.69 Å². The SMILES string of the molecule is NC(=O)c1nsc(C(=O)N(Cc2ccccc2)C(C(=O)NC2CCCC2)c2ccco2)c1N. The lowest BCUT2D eigenvalue weighted by molar-refractivity contribution is -0.127. The first-order valence-corrected chi connectivity index (χ1v) is 11.5. The number of carbonyl (C=O) groups is 3. The van der Waals surface area contributed by atoms with Crippen LogP contribution >= 0.6 is 11.5 Å². The molecule has 2 aromatic heterocycles. The van der Waals surface area contributed by atoms with E-state index >= 15 is 0 Å². The Morgan fingerprint density at radius 2 is 1.88 bits per heavy atom. The number of nitrogens with two attached hydrogens (primary N) is 2. The van der Waals surface area contributed by atoms with Crippen LogP contribution in [0.2, 0.25) is 0 Å². The van der Waals surface area contributed by atoms with E-state index in [0.29, 0.717) is 5.76 Å². The molecule has 9 nitrogen and oxygen atoms in total. The number of primary amides is 1. The van der Waals surface area contributed by atoms with Crippen LogP contribution in [0.3, 0.4) is 0 Å². The molecule has 5 N–H and O–H groups in total. The number of nitrogens with one attached hydrogen (secondary N) is 1. The maximum absolute atomic E-state index is 13.7. The minimum Gasteiger partial charge on any atom is -0.467 e. The Balaban J connectivity index is 1.74. The standard InChI is InChI=1S/C23H25N5O4S/c24-17-18(21(25)29)27-33-20(17)23(31)28(13-14-7-2-1-3-8-14)19(16-11-6-12-32-16)22(30)26-15-9-4-5-10-15/h1-3,6-8,11-12,15,19H,4-5,9-10,13,24H2,(H2,25,29)(H,26,30). The largest absolute Gasteiger partial charge is 0.467 e. The summed E-state index contributed by atoms with van der Waals surface area (Å²) in [7, 11) is 0. The summed E-state index contributed by atoms with van der Waals surface area (Å²) in [5.41, 5.74) is 11.9. The molecule has 1 aliphatic carbocycles. The van der Waals surface area contributed by atoms with Gasteiger partial charge in [-0.05, 0) is 42.1 Å². The molecule has 1 aliphatic rings. The van der Waals surface area contributed by atoms with E-state index in [9.17, 15) is 14.4 Å². The van der Waals surface area contributed by atoms with Gasteiger partial charge in [0.1, 0.15) is 10.6 Å². The van der Waals surface area contributed by atoms with Gasteiger partial charge in [0.2, 0.25) is 0 Å². The molecular formula is C23H25N5O4S. The van der Waals surface area contributed by atoms with Gasteiger partial charge in [-0.1, -0.05) is 43.2 Å². The van der Waals surface area contributed by atoms with Crippen molar-refractivity contribution < 1.29 is 18.8 Å². The minimum atomic E-state index is -1.04. The Hall–Kier alpha value is -3.66. The molecule has 3 amide bonds. The lowest BCUT2D eigenvalue weighted by atomic mass is 10.1. The summed E-state index contributed by atoms with van der Waals surface area (Å²) in [6.07, 6.45) is 5.36. The summed E-state index contributed by atoms with van der Waals surface area (Å²) in [6, 6.07) is 11.6. The molecule has 0 radical (unpaired) electrons. The van der Waals surface area contributed by atoms with E-state index < -0.39 is 17.9 Å². The number of anilines is 1. The van der Waals surface area contributed by atoms with Gasteiger partial charge in [-0.3, -0.25) is 14.4 Å². The number of furan rings is 1. The molecule has 0 saturated heterocycles. The van der Waals surface area contributed by atoms with Crippen molar-refractivity contribution >= 4 is 34.9 Å². The quantitative estimate of drug-likeness (QED) is 0.464. The van der Waals surface area contributed by atoms with Crippen molar-refractivity contribution in [2.24, 2.45) is 5.73 Å². The van der Waals surface area contributed by atoms with Gasteiger partial charge < -0.3 is 26.1 Å². The maximum atomic E-state index is 13.7. The number of rotatable bonds is 8. The lowest BCUT2D eigenvalue weighted by Crippen LogP contribution is -2.45. The number of aromatic nitrogens is 1. The zero-order valence-corrected chi connectivity index (χ0v) is 18.7. The molecule has 0 bridgehead atoms. The summed E-state index contributed by atoms with van der Waals surface area (Å²) >= 11 is 0.781. The molecule has 3 aromatic rings. The van der Waals surface area contributed by atoms with Crippen molar-refractivity contribution in [3.05, 3.63) is 70.6 Å². The third-order valence-electron chi connectivity index (χ3n) is 5.69. The molecule has 1 saturated carbocycles. The van der Waals surface area contributed by atoms with Crippen LogP contribution < -0.4 is 16.8 Å². The van der Waals surface area contributed by atoms with Crippen molar-refractivity contribution in [2.45, 2.75) is 44.3 Å². The number of benzene rings is 1. The van der Waals surface area contributed by atoms with Gasteiger partial charge in [-0.15, -0.1) is 0 Å². The van der Waals surface area contributed by atoms with Crippen LogP contribution in [0.1, 0.15) is 63.2 Å². The fourth-order valence-corrected chi connectivity index (χ4v) is 4.80. The highest BCUT2D eigenvalue weighted by Crippen LogP contribution is 2.31. The van der Waals surface area contributed by atoms with Crippen molar-refractivity contribution in [2.75, 3.05) is 5.73 Å². The zero-order chi connectivity index (χ0) is 23.4. The van der Waals surface area contributed by atoms with Crippen LogP contribution in [-0.2, 0) is 11.3 Å². The summed E-state index contributed by atoms with van der Waals surface area (Å²) in [5, 5.41) is 3.07. The number of hydrogen-bond donors (Lipinski definition) is 3. The molecule has 1 atom stereocenters. The fraction of sp³-hybridized carbons (Fsp3) is 0.304. The number of nitrogens with zero attached hydrogens (tertiary/aromatic N) is 2. The maximum Gasteiger partial charge on any atom is 0.270 e. The molecule has 0 spiro atoms. The average molecular weight is 468 g/mol. The van der Waals surface area contributed by atoms with Crippen molar-refractivity contribution in [1.29, 1.82) is 0 Å². The number of carbonyl (C=O) groups excluding carboxylic acids is 3. The van der Waals surface area contributed by atoms with Gasteiger partial charge in [-0.25, -0.2) is 0 Å². The second kappa shape index (κ2) is 9.86. The topological polar surface area (TPSA) is 145 Å². The van der Waals surface area contributed by atoms with Gasteiger partial charge in [0.15, 0.2) is 11.7 Å². The molecule has 1 fully saturated rings. The van der Waals surface area contributed by atoms with E-state index in [1.54, 1.807) is 12.1 Å². The summed E-state index contributed by atoms with van der Waals surface area (Å²) in [6.45, 7) is 0.117. The van der Waals surface area contributed by atoms with E-state index in [1.807, 2.05) is 30.3 Å². The van der Waals surface area contributed by atoms with Crippen LogP contribution in [0.25, 0.3) is 0 Å². The number of nitrogen functional groups attached to an aromatic ring is 1. The lowest BCUT2D eigenvalue weighted by Gasteiger charge is -2.30. The molecule has 172 valence electrons. The van der Waals surface area contributed by atoms with Crippen LogP contribution in [0.15, 0.2) is 53.1 Å². The third-order valence-corrected chi connectivity index (χ3v) is 6.54. The average Bonchev–Trinajstić information content (AvgIpc) is 3.56. The van der Waals surface area contributed by atoms with E-state index in [-0.39, 0.29) is 34.8 Å². The highest BCUT2D eigenvalue weighted by Gasteiger charge is 2.37. The third kappa shape index (κ3) is 4.90. The summed E-state index contributed by atoms with van der Waals surface area (Å²) in [4.78, 5) is 40.3. The Morgan fingerprint density at radius 1 is 1.15 bits per heavy atom. The highest BCUT2D eigenvalue weighted by molar-refractivity contribution is 7.09. The molecule has 1 aromatic carbocycles. The second-order valence-electron chi connectivity index (χ2n) is 7.96. The molecular weight excluding hydrogens is 442 g/mol. The first-order valence-electron chi connectivity index (χ1n) is 10.7. The van der Waals surface area contributed by atoms with Crippen LogP contribution in [0, 0.1) is 0 Å².